The predicted octanol–water partition coefficient (Wildman–Crippen LogP) is 1.37. The number of nitrogens with one attached hydrogen (secondary N) is 1. The lowest BCUT2D eigenvalue weighted by Crippen LogP contribution is -2.38. The Morgan fingerprint density at radius 2 is 2.25 bits per heavy atom. The van der Waals surface area contributed by atoms with Crippen molar-refractivity contribution in [2.24, 2.45) is 5.73 Å². The van der Waals surface area contributed by atoms with Crippen LogP contribution in [0.1, 0.15) is 12.5 Å². The summed E-state index contributed by atoms with van der Waals surface area (Å²) in [5.74, 6) is 0.394. The van der Waals surface area contributed by atoms with Crippen molar-refractivity contribution in [2.45, 2.75) is 19.4 Å². The Balaban J connectivity index is 2.57. The number of amides is 1. The Kier molecular flexibility index (Phi) is 7.36. The summed E-state index contributed by atoms with van der Waals surface area (Å²) >= 11 is 6.10. The van der Waals surface area contributed by atoms with Gasteiger partial charge >= 0.3 is 0 Å². The van der Waals surface area contributed by atoms with Crippen LogP contribution >= 0.6 is 11.6 Å². The molecule has 0 saturated carbocycles. The summed E-state index contributed by atoms with van der Waals surface area (Å²) in [5.41, 5.74) is 6.37. The Morgan fingerprint density at radius 1 is 1.50 bits per heavy atom. The fourth-order valence-electron chi connectivity index (χ4n) is 1.81. The molecule has 0 radical (unpaired) electrons. The van der Waals surface area contributed by atoms with E-state index in [1.54, 1.807) is 25.3 Å². The number of ether oxygens (including phenoxy) is 2. The summed E-state index contributed by atoms with van der Waals surface area (Å²) in [7, 11) is 1.59. The van der Waals surface area contributed by atoms with Crippen LogP contribution in [0.3, 0.4) is 0 Å². The SMILES string of the molecule is COCC(C)NC(=O)COc1cccc(Cl)c1CCN. The van der Waals surface area contributed by atoms with Gasteiger partial charge in [0.2, 0.25) is 0 Å². The van der Waals surface area contributed by atoms with E-state index in [9.17, 15) is 4.79 Å². The first kappa shape index (κ1) is 16.8. The lowest BCUT2D eigenvalue weighted by Gasteiger charge is -2.15. The average molecular weight is 301 g/mol. The van der Waals surface area contributed by atoms with Crippen molar-refractivity contribution in [3.8, 4) is 5.75 Å². The van der Waals surface area contributed by atoms with Crippen LogP contribution in [0, 0.1) is 0 Å². The molecular formula is C14H21ClN2O3. The summed E-state index contributed by atoms with van der Waals surface area (Å²) in [5, 5.41) is 3.37. The molecule has 0 fully saturated rings. The Labute approximate surface area is 124 Å². The molecule has 0 bridgehead atoms. The average Bonchev–Trinajstić information content (AvgIpc) is 2.40. The van der Waals surface area contributed by atoms with Crippen molar-refractivity contribution in [3.63, 3.8) is 0 Å². The third kappa shape index (κ3) is 5.36. The minimum atomic E-state index is -0.201. The maximum absolute atomic E-state index is 11.7. The number of hydrogen-bond donors (Lipinski definition) is 2. The number of carbonyl (C=O) groups excluding carboxylic acids is 1. The highest BCUT2D eigenvalue weighted by Crippen LogP contribution is 2.26. The van der Waals surface area contributed by atoms with Gasteiger partial charge < -0.3 is 20.5 Å². The smallest absolute Gasteiger partial charge is 0.258 e. The van der Waals surface area contributed by atoms with E-state index in [4.69, 9.17) is 26.8 Å². The largest absolute Gasteiger partial charge is 0.483 e. The first-order chi connectivity index (χ1) is 9.58. The summed E-state index contributed by atoms with van der Waals surface area (Å²) in [6.45, 7) is 2.73. The topological polar surface area (TPSA) is 73.6 Å². The molecule has 1 rings (SSSR count). The van der Waals surface area contributed by atoms with Crippen LogP contribution < -0.4 is 15.8 Å². The standard InChI is InChI=1S/C14H21ClN2O3/c1-10(8-19-2)17-14(18)9-20-13-5-3-4-12(15)11(13)6-7-16/h3-5,10H,6-9,16H2,1-2H3,(H,17,18). The molecule has 0 spiro atoms. The van der Waals surface area contributed by atoms with Crippen molar-refractivity contribution in [2.75, 3.05) is 26.9 Å². The van der Waals surface area contributed by atoms with Gasteiger partial charge in [-0.2, -0.15) is 0 Å². The minimum absolute atomic E-state index is 0.0565. The molecule has 1 aromatic rings. The molecule has 112 valence electrons. The summed E-state index contributed by atoms with van der Waals surface area (Å²) in [4.78, 5) is 11.7. The van der Waals surface area contributed by atoms with Crippen molar-refractivity contribution in [1.29, 1.82) is 0 Å². The zero-order valence-electron chi connectivity index (χ0n) is 11.8. The minimum Gasteiger partial charge on any atom is -0.483 e. The molecule has 1 atom stereocenters. The highest BCUT2D eigenvalue weighted by atomic mass is 35.5. The van der Waals surface area contributed by atoms with E-state index in [0.717, 1.165) is 5.56 Å². The number of methoxy groups -OCH3 is 1. The van der Waals surface area contributed by atoms with Gasteiger partial charge in [0.25, 0.3) is 5.91 Å². The maximum atomic E-state index is 11.7. The van der Waals surface area contributed by atoms with Gasteiger partial charge in [0, 0.05) is 23.7 Å². The number of halogens is 1. The molecule has 1 aromatic carbocycles. The van der Waals surface area contributed by atoms with E-state index in [0.29, 0.717) is 30.3 Å². The quantitative estimate of drug-likeness (QED) is 0.760. The van der Waals surface area contributed by atoms with E-state index < -0.39 is 0 Å². The van der Waals surface area contributed by atoms with E-state index in [-0.39, 0.29) is 18.6 Å². The Bertz CT molecular complexity index is 440. The van der Waals surface area contributed by atoms with Crippen LogP contribution in [0.25, 0.3) is 0 Å². The monoisotopic (exact) mass is 300 g/mol. The second-order valence-electron chi connectivity index (χ2n) is 4.47. The number of rotatable bonds is 8. The van der Waals surface area contributed by atoms with Crippen LogP contribution in [0.15, 0.2) is 18.2 Å². The molecule has 1 unspecified atom stereocenters. The van der Waals surface area contributed by atoms with E-state index >= 15 is 0 Å². The van der Waals surface area contributed by atoms with Crippen LogP contribution in [-0.4, -0.2) is 38.8 Å². The highest BCUT2D eigenvalue weighted by molar-refractivity contribution is 6.31. The van der Waals surface area contributed by atoms with Gasteiger partial charge in [-0.3, -0.25) is 4.79 Å². The molecule has 0 aliphatic rings. The van der Waals surface area contributed by atoms with Gasteiger partial charge in [-0.1, -0.05) is 17.7 Å². The fraction of sp³-hybridized carbons (Fsp3) is 0.500. The van der Waals surface area contributed by atoms with Gasteiger partial charge in [-0.05, 0) is 32.0 Å². The third-order valence-electron chi connectivity index (χ3n) is 2.65. The lowest BCUT2D eigenvalue weighted by atomic mass is 10.1. The first-order valence-electron chi connectivity index (χ1n) is 6.47. The Hall–Kier alpha value is -1.30. The molecule has 3 N–H and O–H groups in total. The number of benzene rings is 1. The molecule has 0 saturated heterocycles. The number of hydrogen-bond acceptors (Lipinski definition) is 4. The van der Waals surface area contributed by atoms with E-state index in [2.05, 4.69) is 5.32 Å². The van der Waals surface area contributed by atoms with Crippen molar-refractivity contribution in [3.05, 3.63) is 28.8 Å². The molecular weight excluding hydrogens is 280 g/mol. The van der Waals surface area contributed by atoms with Crippen LogP contribution in [-0.2, 0) is 16.0 Å². The van der Waals surface area contributed by atoms with Gasteiger partial charge in [0.1, 0.15) is 5.75 Å². The zero-order valence-corrected chi connectivity index (χ0v) is 12.6. The fourth-order valence-corrected chi connectivity index (χ4v) is 2.07. The van der Waals surface area contributed by atoms with E-state index in [1.807, 2.05) is 6.92 Å². The van der Waals surface area contributed by atoms with Crippen molar-refractivity contribution < 1.29 is 14.3 Å². The van der Waals surface area contributed by atoms with Gasteiger partial charge in [0.05, 0.1) is 6.61 Å². The third-order valence-corrected chi connectivity index (χ3v) is 3.01. The molecule has 0 aliphatic carbocycles. The van der Waals surface area contributed by atoms with E-state index in [1.165, 1.54) is 0 Å². The summed E-state index contributed by atoms with van der Waals surface area (Å²) in [6.07, 6.45) is 0.608. The second-order valence-corrected chi connectivity index (χ2v) is 4.87. The van der Waals surface area contributed by atoms with Crippen molar-refractivity contribution >= 4 is 17.5 Å². The Morgan fingerprint density at radius 3 is 2.90 bits per heavy atom. The summed E-state index contributed by atoms with van der Waals surface area (Å²) in [6, 6.07) is 5.28. The van der Waals surface area contributed by atoms with Gasteiger partial charge in [-0.25, -0.2) is 0 Å². The molecule has 5 nitrogen and oxygen atoms in total. The van der Waals surface area contributed by atoms with Crippen LogP contribution in [0.5, 0.6) is 5.75 Å². The molecule has 0 aliphatic heterocycles. The second kappa shape index (κ2) is 8.79. The molecule has 0 aromatic heterocycles. The number of carbonyl (C=O) groups is 1. The number of nitrogens with two attached hydrogens (primary N) is 1. The zero-order chi connectivity index (χ0) is 15.0. The molecule has 0 heterocycles. The molecule has 1 amide bonds. The van der Waals surface area contributed by atoms with Crippen LogP contribution in [0.4, 0.5) is 0 Å². The lowest BCUT2D eigenvalue weighted by molar-refractivity contribution is -0.124. The first-order valence-corrected chi connectivity index (χ1v) is 6.84. The molecule has 6 heteroatoms. The predicted molar refractivity (Wildman–Crippen MR) is 79.2 cm³/mol. The van der Waals surface area contributed by atoms with Crippen LogP contribution in [0.2, 0.25) is 5.02 Å². The summed E-state index contributed by atoms with van der Waals surface area (Å²) < 4.78 is 10.5. The highest BCUT2D eigenvalue weighted by Gasteiger charge is 2.11. The van der Waals surface area contributed by atoms with Crippen molar-refractivity contribution in [1.82, 2.24) is 5.32 Å². The molecule has 20 heavy (non-hydrogen) atoms. The normalized spacial score (nSPS) is 12.0. The van der Waals surface area contributed by atoms with Gasteiger partial charge in [0.15, 0.2) is 6.61 Å². The van der Waals surface area contributed by atoms with Gasteiger partial charge in [-0.15, -0.1) is 0 Å². The maximum Gasteiger partial charge on any atom is 0.258 e.